The van der Waals surface area contributed by atoms with Crippen LogP contribution in [0, 0.1) is 6.92 Å². The number of methoxy groups -OCH3 is 2. The molecule has 1 N–H and O–H groups in total. The Morgan fingerprint density at radius 3 is 2.26 bits per heavy atom. The van der Waals surface area contributed by atoms with Crippen molar-refractivity contribution in [2.45, 2.75) is 6.92 Å². The summed E-state index contributed by atoms with van der Waals surface area (Å²) in [6.45, 7) is 2.39. The van der Waals surface area contributed by atoms with Crippen LogP contribution in [-0.4, -0.2) is 45.7 Å². The van der Waals surface area contributed by atoms with Crippen LogP contribution in [-0.2, 0) is 14.9 Å². The van der Waals surface area contributed by atoms with Gasteiger partial charge in [0, 0.05) is 19.1 Å². The number of ether oxygens (including phenoxy) is 4. The third-order valence-corrected chi connectivity index (χ3v) is 5.98. The van der Waals surface area contributed by atoms with E-state index in [9.17, 15) is 18.3 Å². The zero-order valence-electron chi connectivity index (χ0n) is 18.5. The van der Waals surface area contributed by atoms with Gasteiger partial charge in [-0.1, -0.05) is 0 Å². The first-order valence-electron chi connectivity index (χ1n) is 9.99. The molecule has 2 aromatic heterocycles. The number of nitrogens with zero attached hydrogens (tertiary/aromatic N) is 1. The number of hydrogen-bond donors (Lipinski definition) is 1. The maximum Gasteiger partial charge on any atom is 0.270 e. The summed E-state index contributed by atoms with van der Waals surface area (Å²) in [5.41, 5.74) is 2.25. The minimum Gasteiger partial charge on any atom is -0.549 e. The third kappa shape index (κ3) is 4.47. The third-order valence-electron chi connectivity index (χ3n) is 5.38. The van der Waals surface area contributed by atoms with Gasteiger partial charge in [-0.15, -0.1) is 0 Å². The number of benzene rings is 2. The molecule has 0 atom stereocenters. The Hall–Kier alpha value is -3.83. The number of pyridine rings is 2. The normalized spacial score (nSPS) is 12.5. The number of aromatic nitrogens is 1. The summed E-state index contributed by atoms with van der Waals surface area (Å²) < 4.78 is 51.1. The summed E-state index contributed by atoms with van der Waals surface area (Å²) in [4.78, 5) is 9.36. The lowest BCUT2D eigenvalue weighted by molar-refractivity contribution is -0.516. The zero-order valence-corrected chi connectivity index (χ0v) is 19.3. The van der Waals surface area contributed by atoms with Crippen molar-refractivity contribution in [1.29, 1.82) is 0 Å². The van der Waals surface area contributed by atoms with Crippen LogP contribution in [0.5, 0.6) is 23.0 Å². The number of hydrogen-bond acceptors (Lipinski definition) is 8. The molecule has 0 aliphatic carbocycles. The van der Waals surface area contributed by atoms with Gasteiger partial charge in [-0.05, 0) is 35.0 Å². The maximum atomic E-state index is 9.58. The summed E-state index contributed by atoms with van der Waals surface area (Å²) in [6, 6.07) is 12.4. The van der Waals surface area contributed by atoms with E-state index in [-0.39, 0.29) is 6.79 Å². The highest BCUT2D eigenvalue weighted by molar-refractivity contribution is 7.86. The smallest absolute Gasteiger partial charge is 0.270 e. The first-order chi connectivity index (χ1) is 16.1. The van der Waals surface area contributed by atoms with Crippen LogP contribution in [0.1, 0.15) is 5.69 Å². The Bertz CT molecular complexity index is 1550. The number of aryl methyl sites for hydroxylation is 1. The van der Waals surface area contributed by atoms with Crippen LogP contribution in [0.4, 0.5) is 0 Å². The molecule has 4 aromatic rings. The van der Waals surface area contributed by atoms with Gasteiger partial charge in [0.25, 0.3) is 10.1 Å². The van der Waals surface area contributed by atoms with Crippen molar-refractivity contribution >= 4 is 43.1 Å². The van der Waals surface area contributed by atoms with Crippen LogP contribution in [0.15, 0.2) is 42.6 Å². The minimum atomic E-state index is -4.39. The summed E-state index contributed by atoms with van der Waals surface area (Å²) in [5, 5.41) is 13.8. The molecule has 34 heavy (non-hydrogen) atoms. The van der Waals surface area contributed by atoms with Gasteiger partial charge >= 0.3 is 0 Å². The highest BCUT2D eigenvalue weighted by Crippen LogP contribution is 2.38. The van der Waals surface area contributed by atoms with Gasteiger partial charge in [-0.2, -0.15) is 12.8 Å². The van der Waals surface area contributed by atoms with Gasteiger partial charge in [-0.3, -0.25) is 4.55 Å². The second-order valence-electron chi connectivity index (χ2n) is 7.49. The molecular formula is C23H21NO9S. The van der Waals surface area contributed by atoms with Gasteiger partial charge in [0.2, 0.25) is 12.3 Å². The summed E-state index contributed by atoms with van der Waals surface area (Å²) in [7, 11) is -1.08. The van der Waals surface area contributed by atoms with Crippen molar-refractivity contribution in [3.05, 3.63) is 48.3 Å². The van der Waals surface area contributed by atoms with E-state index in [1.165, 1.54) is 0 Å². The lowest BCUT2D eigenvalue weighted by atomic mass is 10.0. The largest absolute Gasteiger partial charge is 0.549 e. The van der Waals surface area contributed by atoms with Crippen LogP contribution in [0.3, 0.4) is 0 Å². The van der Waals surface area contributed by atoms with Crippen LogP contribution in [0.2, 0.25) is 0 Å². The van der Waals surface area contributed by atoms with Crippen molar-refractivity contribution in [2.75, 3.05) is 26.8 Å². The van der Waals surface area contributed by atoms with Crippen molar-refractivity contribution in [1.82, 2.24) is 0 Å². The Morgan fingerprint density at radius 2 is 1.68 bits per heavy atom. The van der Waals surface area contributed by atoms with Crippen LogP contribution >= 0.6 is 0 Å². The molecule has 0 saturated heterocycles. The van der Waals surface area contributed by atoms with E-state index in [0.29, 0.717) is 0 Å². The van der Waals surface area contributed by atoms with Gasteiger partial charge < -0.3 is 28.8 Å². The molecule has 1 aliphatic heterocycles. The van der Waals surface area contributed by atoms with Gasteiger partial charge in [0.1, 0.15) is 5.75 Å². The molecule has 178 valence electrons. The number of aliphatic carboxylic acids is 1. The maximum absolute atomic E-state index is 9.58. The van der Waals surface area contributed by atoms with E-state index >= 15 is 0 Å². The fourth-order valence-electron chi connectivity index (χ4n) is 3.88. The fraction of sp³-hybridized carbons (Fsp3) is 0.217. The molecule has 0 radical (unpaired) electrons. The molecule has 5 rings (SSSR count). The molecule has 0 saturated carbocycles. The second kappa shape index (κ2) is 8.84. The van der Waals surface area contributed by atoms with Crippen LogP contribution < -0.4 is 28.5 Å². The Kier molecular flexibility index (Phi) is 6.07. The monoisotopic (exact) mass is 487 g/mol. The quantitative estimate of drug-likeness (QED) is 0.196. The number of carbonyl (C=O) groups excluding carboxylic acids is 1. The van der Waals surface area contributed by atoms with Gasteiger partial charge in [0.15, 0.2) is 34.9 Å². The van der Waals surface area contributed by atoms with Crippen molar-refractivity contribution in [2.24, 2.45) is 0 Å². The Labute approximate surface area is 194 Å². The average Bonchev–Trinajstić information content (AvgIpc) is 3.23. The number of rotatable bonds is 4. The Balaban J connectivity index is 0.000000297. The summed E-state index contributed by atoms with van der Waals surface area (Å²) in [6.07, 6.45) is 2.09. The van der Waals surface area contributed by atoms with Crippen molar-refractivity contribution in [3.8, 4) is 23.0 Å². The van der Waals surface area contributed by atoms with Gasteiger partial charge in [-0.25, -0.2) is 0 Å². The number of carboxylic acid groups (broad SMARTS) is 1. The predicted molar refractivity (Wildman–Crippen MR) is 120 cm³/mol. The SMILES string of the molecule is COc1cc2cc[n+]3c(C)c4cc5c(cc4cc3c2cc1OC)OCO5.O=C([O-])CS(=O)(=O)O. The highest BCUT2D eigenvalue weighted by atomic mass is 32.2. The molecule has 0 bridgehead atoms. The van der Waals surface area contributed by atoms with E-state index in [2.05, 4.69) is 35.7 Å². The molecule has 2 aromatic carbocycles. The van der Waals surface area contributed by atoms with E-state index < -0.39 is 21.8 Å². The molecule has 3 heterocycles. The summed E-state index contributed by atoms with van der Waals surface area (Å²) in [5.74, 6) is -0.116. The molecule has 1 aliphatic rings. The number of carboxylic acids is 1. The fourth-order valence-corrected chi connectivity index (χ4v) is 4.17. The second-order valence-corrected chi connectivity index (χ2v) is 8.94. The molecule has 10 nitrogen and oxygen atoms in total. The van der Waals surface area contributed by atoms with Crippen molar-refractivity contribution in [3.63, 3.8) is 0 Å². The molecule has 0 spiro atoms. The zero-order chi connectivity index (χ0) is 24.6. The molecule has 0 amide bonds. The first-order valence-corrected chi connectivity index (χ1v) is 11.6. The van der Waals surface area contributed by atoms with Crippen molar-refractivity contribution < 1.29 is 46.2 Å². The lowest BCUT2D eigenvalue weighted by Gasteiger charge is -2.10. The molecule has 11 heteroatoms. The van der Waals surface area contributed by atoms with E-state index in [1.807, 2.05) is 18.2 Å². The average molecular weight is 487 g/mol. The standard InChI is InChI=1S/C21H18NO4.C2H4O5S/c1-12-15-9-21-20(25-11-26-21)8-14(15)6-17-16-10-19(24-3)18(23-2)7-13(16)4-5-22(12)17;3-2(4)1-8(5,6)7/h4-10H,11H2,1-3H3;1H2,(H,3,4)(H,5,6,7)/q+1;/p-1. The minimum absolute atomic E-state index is 0.275. The summed E-state index contributed by atoms with van der Waals surface area (Å²) >= 11 is 0. The van der Waals surface area contributed by atoms with Gasteiger partial charge in [0.05, 0.1) is 31.0 Å². The van der Waals surface area contributed by atoms with E-state index in [1.54, 1.807) is 14.2 Å². The molecule has 0 fully saturated rings. The van der Waals surface area contributed by atoms with E-state index in [4.69, 9.17) is 23.5 Å². The molecule has 0 unspecified atom stereocenters. The van der Waals surface area contributed by atoms with Crippen LogP contribution in [0.25, 0.3) is 27.1 Å². The lowest BCUT2D eigenvalue weighted by Crippen LogP contribution is -2.30. The highest BCUT2D eigenvalue weighted by Gasteiger charge is 2.21. The first kappa shape index (κ1) is 23.3. The van der Waals surface area contributed by atoms with E-state index in [0.717, 1.165) is 55.8 Å². The number of carbonyl (C=O) groups is 1. The Morgan fingerprint density at radius 1 is 1.03 bits per heavy atom. The predicted octanol–water partition coefficient (Wildman–Crippen LogP) is 1.41. The topological polar surface area (TPSA) is 136 Å². The number of fused-ring (bicyclic) bond motifs is 5. The molecular weight excluding hydrogens is 466 g/mol.